The standard InChI is InChI=1S/C4H4F6O8/c5-1(6,7)3(11,16-12)15-4(17-13,18-14)2(8,9)10/h11-14H. The summed E-state index contributed by atoms with van der Waals surface area (Å²) < 4.78 is 75.0. The van der Waals surface area contributed by atoms with Gasteiger partial charge in [-0.3, -0.25) is 0 Å². The topological polar surface area (TPSA) is 118 Å². The van der Waals surface area contributed by atoms with E-state index < -0.39 is 24.3 Å². The summed E-state index contributed by atoms with van der Waals surface area (Å²) >= 11 is 0. The Morgan fingerprint density at radius 3 is 1.22 bits per heavy atom. The van der Waals surface area contributed by atoms with Crippen molar-refractivity contribution in [2.75, 3.05) is 0 Å². The number of rotatable bonds is 5. The van der Waals surface area contributed by atoms with Gasteiger partial charge in [0.2, 0.25) is 0 Å². The highest BCUT2D eigenvalue weighted by molar-refractivity contribution is 4.73. The normalized spacial score (nSPS) is 17.7. The van der Waals surface area contributed by atoms with Crippen molar-refractivity contribution in [2.24, 2.45) is 0 Å². The van der Waals surface area contributed by atoms with Gasteiger partial charge in [-0.2, -0.15) is 41.0 Å². The molecule has 0 rings (SSSR count). The lowest BCUT2D eigenvalue weighted by Crippen LogP contribution is -2.61. The predicted molar refractivity (Wildman–Crippen MR) is 32.0 cm³/mol. The van der Waals surface area contributed by atoms with Crippen LogP contribution in [0, 0.1) is 0 Å². The zero-order valence-corrected chi connectivity index (χ0v) is 7.69. The number of alkyl halides is 6. The predicted octanol–water partition coefficient (Wildman–Crippen LogP) is 0.896. The molecule has 4 N–H and O–H groups in total. The van der Waals surface area contributed by atoms with Gasteiger partial charge in [0, 0.05) is 0 Å². The summed E-state index contributed by atoms with van der Waals surface area (Å²) in [5, 5.41) is 31.7. The van der Waals surface area contributed by atoms with Gasteiger partial charge in [0.25, 0.3) is 0 Å². The Bertz CT molecular complexity index is 272. The van der Waals surface area contributed by atoms with E-state index in [4.69, 9.17) is 20.9 Å². The van der Waals surface area contributed by atoms with Crippen LogP contribution < -0.4 is 0 Å². The number of aliphatic hydroxyl groups is 1. The third kappa shape index (κ3) is 2.98. The minimum Gasteiger partial charge on any atom is -0.334 e. The molecule has 0 fully saturated rings. The second-order valence-electron chi connectivity index (χ2n) is 2.51. The first-order valence-electron chi connectivity index (χ1n) is 3.43. The van der Waals surface area contributed by atoms with Gasteiger partial charge in [0.05, 0.1) is 0 Å². The third-order valence-electron chi connectivity index (χ3n) is 1.34. The van der Waals surface area contributed by atoms with Crippen molar-refractivity contribution >= 4 is 0 Å². The third-order valence-corrected chi connectivity index (χ3v) is 1.34. The molecule has 1 unspecified atom stereocenters. The van der Waals surface area contributed by atoms with E-state index in [1.807, 2.05) is 0 Å². The summed E-state index contributed by atoms with van der Waals surface area (Å²) in [4.78, 5) is 7.03. The van der Waals surface area contributed by atoms with Gasteiger partial charge in [-0.25, -0.2) is 20.5 Å². The number of hydrogen-bond acceptors (Lipinski definition) is 8. The molecule has 8 nitrogen and oxygen atoms in total. The molecule has 0 bridgehead atoms. The second kappa shape index (κ2) is 5.10. The average molecular weight is 294 g/mol. The molecule has 0 aromatic carbocycles. The molecule has 0 aliphatic rings. The van der Waals surface area contributed by atoms with Gasteiger partial charge >= 0.3 is 24.3 Å². The van der Waals surface area contributed by atoms with Crippen molar-refractivity contribution in [1.29, 1.82) is 0 Å². The van der Waals surface area contributed by atoms with Crippen LogP contribution in [0.3, 0.4) is 0 Å². The van der Waals surface area contributed by atoms with Gasteiger partial charge in [0.1, 0.15) is 0 Å². The van der Waals surface area contributed by atoms with Crippen LogP contribution >= 0.6 is 0 Å². The van der Waals surface area contributed by atoms with Gasteiger partial charge in [-0.15, -0.1) is 0 Å². The van der Waals surface area contributed by atoms with Crippen molar-refractivity contribution in [1.82, 2.24) is 0 Å². The zero-order valence-electron chi connectivity index (χ0n) is 7.69. The lowest BCUT2D eigenvalue weighted by molar-refractivity contribution is -0.681. The van der Waals surface area contributed by atoms with Crippen LogP contribution in [0.25, 0.3) is 0 Å². The van der Waals surface area contributed by atoms with Crippen molar-refractivity contribution < 1.29 is 66.6 Å². The highest BCUT2D eigenvalue weighted by Crippen LogP contribution is 2.42. The molecule has 0 radical (unpaired) electrons. The Morgan fingerprint density at radius 1 is 0.667 bits per heavy atom. The van der Waals surface area contributed by atoms with E-state index in [0.29, 0.717) is 0 Å². The number of hydrogen-bond donors (Lipinski definition) is 4. The highest BCUT2D eigenvalue weighted by atomic mass is 19.4. The quantitative estimate of drug-likeness (QED) is 0.255. The first-order valence-corrected chi connectivity index (χ1v) is 3.43. The van der Waals surface area contributed by atoms with Crippen molar-refractivity contribution in [3.63, 3.8) is 0 Å². The molecule has 0 saturated carbocycles. The molecule has 0 aliphatic carbocycles. The van der Waals surface area contributed by atoms with Crippen LogP contribution in [0.4, 0.5) is 26.3 Å². The molecule has 18 heavy (non-hydrogen) atoms. The fourth-order valence-corrected chi connectivity index (χ4v) is 0.526. The van der Waals surface area contributed by atoms with Crippen LogP contribution in [0.1, 0.15) is 0 Å². The first-order chi connectivity index (χ1) is 7.89. The lowest BCUT2D eigenvalue weighted by atomic mass is 10.5. The average Bonchev–Trinajstić information content (AvgIpc) is 2.22. The summed E-state index contributed by atoms with van der Waals surface area (Å²) in [7, 11) is 0. The maximum Gasteiger partial charge on any atom is 0.478 e. The van der Waals surface area contributed by atoms with E-state index in [9.17, 15) is 26.3 Å². The molecule has 0 saturated heterocycles. The van der Waals surface area contributed by atoms with E-state index in [-0.39, 0.29) is 0 Å². The maximum atomic E-state index is 12.1. The molecule has 0 aliphatic heterocycles. The number of ether oxygens (including phenoxy) is 1. The molecule has 0 heterocycles. The van der Waals surface area contributed by atoms with E-state index in [2.05, 4.69) is 19.4 Å². The van der Waals surface area contributed by atoms with E-state index >= 15 is 0 Å². The Balaban J connectivity index is 5.47. The minimum absolute atomic E-state index is 2.28. The Labute approximate surface area is 92.2 Å². The van der Waals surface area contributed by atoms with Crippen LogP contribution in [0.2, 0.25) is 0 Å². The molecule has 110 valence electrons. The van der Waals surface area contributed by atoms with Gasteiger partial charge < -0.3 is 5.11 Å². The zero-order chi connectivity index (χ0) is 14.8. The fraction of sp³-hybridized carbons (Fsp3) is 1.00. The smallest absolute Gasteiger partial charge is 0.334 e. The monoisotopic (exact) mass is 294 g/mol. The van der Waals surface area contributed by atoms with E-state index in [1.54, 1.807) is 0 Å². The van der Waals surface area contributed by atoms with Gasteiger partial charge in [-0.05, 0) is 0 Å². The highest BCUT2D eigenvalue weighted by Gasteiger charge is 2.72. The molecular weight excluding hydrogens is 290 g/mol. The minimum atomic E-state index is -6.14. The van der Waals surface area contributed by atoms with Crippen LogP contribution in [0.5, 0.6) is 0 Å². The summed E-state index contributed by atoms with van der Waals surface area (Å²) in [6, 6.07) is 0. The SMILES string of the molecule is OOC(O)(OC(OO)(OO)C(F)(F)F)C(F)(F)F. The Kier molecular flexibility index (Phi) is 4.89. The van der Waals surface area contributed by atoms with Gasteiger partial charge in [0.15, 0.2) is 0 Å². The molecule has 0 aromatic heterocycles. The molecular formula is C4H4F6O8. The van der Waals surface area contributed by atoms with Gasteiger partial charge in [-0.1, -0.05) is 0 Å². The summed E-state index contributed by atoms with van der Waals surface area (Å²) in [5.41, 5.74) is 0. The van der Waals surface area contributed by atoms with E-state index in [1.165, 1.54) is 0 Å². The summed E-state index contributed by atoms with van der Waals surface area (Å²) in [6.07, 6.45) is -12.3. The van der Waals surface area contributed by atoms with Crippen LogP contribution in [-0.2, 0) is 19.4 Å². The maximum absolute atomic E-state index is 12.1. The van der Waals surface area contributed by atoms with Crippen LogP contribution in [0.15, 0.2) is 0 Å². The largest absolute Gasteiger partial charge is 0.478 e. The summed E-state index contributed by atoms with van der Waals surface area (Å²) in [6.45, 7) is 0. The van der Waals surface area contributed by atoms with Crippen molar-refractivity contribution in [3.8, 4) is 0 Å². The molecule has 0 aromatic rings. The number of halogens is 6. The Hall–Kier alpha value is -0.740. The molecule has 14 heteroatoms. The summed E-state index contributed by atoms with van der Waals surface area (Å²) in [5.74, 6) is -10.5. The lowest BCUT2D eigenvalue weighted by Gasteiger charge is -2.34. The molecule has 0 amide bonds. The molecule has 1 atom stereocenters. The van der Waals surface area contributed by atoms with Crippen molar-refractivity contribution in [2.45, 2.75) is 24.3 Å². The molecule has 0 spiro atoms. The fourth-order valence-electron chi connectivity index (χ4n) is 0.526. The second-order valence-corrected chi connectivity index (χ2v) is 2.51. The van der Waals surface area contributed by atoms with E-state index in [0.717, 1.165) is 0 Å². The Morgan fingerprint density at radius 2 is 1.06 bits per heavy atom. The van der Waals surface area contributed by atoms with Crippen LogP contribution in [-0.4, -0.2) is 45.2 Å². The first kappa shape index (κ1) is 17.3. The van der Waals surface area contributed by atoms with Crippen molar-refractivity contribution in [3.05, 3.63) is 0 Å².